The Bertz CT molecular complexity index is 578. The van der Waals surface area contributed by atoms with Gasteiger partial charge in [0.2, 0.25) is 0 Å². The third kappa shape index (κ3) is 3.17. The van der Waals surface area contributed by atoms with Gasteiger partial charge in [0, 0.05) is 25.4 Å². The van der Waals surface area contributed by atoms with Gasteiger partial charge in [-0.3, -0.25) is 9.48 Å². The summed E-state index contributed by atoms with van der Waals surface area (Å²) >= 11 is 0. The number of carbonyl (C=O) groups is 1. The molecule has 0 saturated carbocycles. The lowest BCUT2D eigenvalue weighted by Crippen LogP contribution is -2.08. The Hall–Kier alpha value is -2.30. The molecule has 20 heavy (non-hydrogen) atoms. The summed E-state index contributed by atoms with van der Waals surface area (Å²) in [7, 11) is 1.89. The minimum absolute atomic E-state index is 0.463. The topological polar surface area (TPSA) is 53.4 Å². The summed E-state index contributed by atoms with van der Waals surface area (Å²) in [5, 5.41) is 4.10. The van der Waals surface area contributed by atoms with E-state index in [0.717, 1.165) is 18.4 Å². The zero-order valence-corrected chi connectivity index (χ0v) is 11.7. The monoisotopic (exact) mass is 274 g/mol. The van der Waals surface area contributed by atoms with Gasteiger partial charge in [-0.05, 0) is 25.1 Å². The Morgan fingerprint density at radius 3 is 2.80 bits per heavy atom. The van der Waals surface area contributed by atoms with Gasteiger partial charge in [-0.2, -0.15) is 5.10 Å². The van der Waals surface area contributed by atoms with Gasteiger partial charge in [-0.1, -0.05) is 6.07 Å². The third-order valence-electron chi connectivity index (χ3n) is 2.96. The second kappa shape index (κ2) is 6.75. The highest BCUT2D eigenvalue weighted by molar-refractivity contribution is 5.81. The fourth-order valence-corrected chi connectivity index (χ4v) is 1.95. The molecule has 2 aromatic rings. The molecule has 0 bridgehead atoms. The fourth-order valence-electron chi connectivity index (χ4n) is 1.95. The molecule has 1 heterocycles. The zero-order valence-electron chi connectivity index (χ0n) is 11.7. The van der Waals surface area contributed by atoms with Crippen LogP contribution in [0.2, 0.25) is 0 Å². The highest BCUT2D eigenvalue weighted by atomic mass is 16.5. The highest BCUT2D eigenvalue weighted by Crippen LogP contribution is 2.30. The molecule has 0 N–H and O–H groups in total. The van der Waals surface area contributed by atoms with Crippen molar-refractivity contribution in [1.29, 1.82) is 0 Å². The Labute approximate surface area is 118 Å². The van der Waals surface area contributed by atoms with Gasteiger partial charge in [-0.15, -0.1) is 0 Å². The SMILES string of the molecule is CCOc1cccc(C=O)c1OCCc1ccnn1C. The second-order valence-corrected chi connectivity index (χ2v) is 4.27. The molecule has 5 heteroatoms. The van der Waals surface area contributed by atoms with Crippen molar-refractivity contribution in [2.24, 2.45) is 7.05 Å². The van der Waals surface area contributed by atoms with Crippen LogP contribution < -0.4 is 9.47 Å². The molecule has 0 amide bonds. The molecule has 0 saturated heterocycles. The minimum Gasteiger partial charge on any atom is -0.490 e. The number of rotatable bonds is 7. The first-order chi connectivity index (χ1) is 9.76. The molecule has 106 valence electrons. The molecule has 0 fully saturated rings. The summed E-state index contributed by atoms with van der Waals surface area (Å²) in [6, 6.07) is 7.24. The summed E-state index contributed by atoms with van der Waals surface area (Å²) < 4.78 is 13.0. The molecule has 0 radical (unpaired) electrons. The van der Waals surface area contributed by atoms with Crippen molar-refractivity contribution >= 4 is 6.29 Å². The lowest BCUT2D eigenvalue weighted by Gasteiger charge is -2.13. The molecule has 0 aliphatic carbocycles. The molecule has 0 spiro atoms. The number of aromatic nitrogens is 2. The number of aryl methyl sites for hydroxylation is 1. The van der Waals surface area contributed by atoms with Crippen LogP contribution in [0.3, 0.4) is 0 Å². The van der Waals surface area contributed by atoms with E-state index >= 15 is 0 Å². The van der Waals surface area contributed by atoms with E-state index in [1.165, 1.54) is 0 Å². The predicted octanol–water partition coefficient (Wildman–Crippen LogP) is 2.25. The van der Waals surface area contributed by atoms with Crippen LogP contribution in [0.5, 0.6) is 11.5 Å². The number of hydrogen-bond donors (Lipinski definition) is 0. The molecule has 2 rings (SSSR count). The number of nitrogens with zero attached hydrogens (tertiary/aromatic N) is 2. The average Bonchev–Trinajstić information content (AvgIpc) is 2.86. The highest BCUT2D eigenvalue weighted by Gasteiger charge is 2.10. The molecule has 1 aromatic heterocycles. The van der Waals surface area contributed by atoms with Crippen LogP contribution in [-0.4, -0.2) is 29.3 Å². The number of ether oxygens (including phenoxy) is 2. The van der Waals surface area contributed by atoms with E-state index < -0.39 is 0 Å². The summed E-state index contributed by atoms with van der Waals surface area (Å²) in [5.74, 6) is 1.11. The number of para-hydroxylation sites is 1. The van der Waals surface area contributed by atoms with Crippen molar-refractivity contribution in [3.8, 4) is 11.5 Å². The van der Waals surface area contributed by atoms with E-state index in [1.807, 2.05) is 20.0 Å². The van der Waals surface area contributed by atoms with Crippen LogP contribution in [0.15, 0.2) is 30.5 Å². The lowest BCUT2D eigenvalue weighted by molar-refractivity contribution is 0.111. The van der Waals surface area contributed by atoms with E-state index in [2.05, 4.69) is 5.10 Å². The minimum atomic E-state index is 0.463. The molecule has 0 aliphatic heterocycles. The summed E-state index contributed by atoms with van der Waals surface area (Å²) in [4.78, 5) is 11.1. The Kier molecular flexibility index (Phi) is 4.76. The van der Waals surface area contributed by atoms with Crippen molar-refractivity contribution in [3.05, 3.63) is 41.7 Å². The van der Waals surface area contributed by atoms with Crippen LogP contribution >= 0.6 is 0 Å². The second-order valence-electron chi connectivity index (χ2n) is 4.27. The van der Waals surface area contributed by atoms with Crippen LogP contribution in [0.25, 0.3) is 0 Å². The maximum Gasteiger partial charge on any atom is 0.171 e. The first-order valence-corrected chi connectivity index (χ1v) is 6.57. The van der Waals surface area contributed by atoms with Gasteiger partial charge in [0.15, 0.2) is 17.8 Å². The first kappa shape index (κ1) is 14.1. The maximum absolute atomic E-state index is 11.1. The van der Waals surface area contributed by atoms with E-state index in [-0.39, 0.29) is 0 Å². The summed E-state index contributed by atoms with van der Waals surface area (Å²) in [5.41, 5.74) is 1.58. The average molecular weight is 274 g/mol. The van der Waals surface area contributed by atoms with E-state index in [4.69, 9.17) is 9.47 Å². The number of hydrogen-bond acceptors (Lipinski definition) is 4. The van der Waals surface area contributed by atoms with E-state index in [9.17, 15) is 4.79 Å². The van der Waals surface area contributed by atoms with Gasteiger partial charge in [0.05, 0.1) is 18.8 Å². The van der Waals surface area contributed by atoms with Gasteiger partial charge in [0.1, 0.15) is 0 Å². The standard InChI is InChI=1S/C15H18N2O3/c1-3-19-14-6-4-5-12(11-18)15(14)20-10-8-13-7-9-16-17(13)2/h4-7,9,11H,3,8,10H2,1-2H3. The molecule has 0 unspecified atom stereocenters. The van der Waals surface area contributed by atoms with Crippen molar-refractivity contribution in [3.63, 3.8) is 0 Å². The zero-order chi connectivity index (χ0) is 14.4. The third-order valence-corrected chi connectivity index (χ3v) is 2.96. The van der Waals surface area contributed by atoms with Crippen LogP contribution in [0, 0.1) is 0 Å². The van der Waals surface area contributed by atoms with Crippen molar-refractivity contribution in [1.82, 2.24) is 9.78 Å². The van der Waals surface area contributed by atoms with Gasteiger partial charge in [0.25, 0.3) is 0 Å². The molecule has 0 aliphatic rings. The van der Waals surface area contributed by atoms with Crippen LogP contribution in [0.4, 0.5) is 0 Å². The van der Waals surface area contributed by atoms with Crippen molar-refractivity contribution in [2.75, 3.05) is 13.2 Å². The van der Waals surface area contributed by atoms with Gasteiger partial charge < -0.3 is 9.47 Å². The lowest BCUT2D eigenvalue weighted by atomic mass is 10.2. The maximum atomic E-state index is 11.1. The van der Waals surface area contributed by atoms with E-state index in [0.29, 0.717) is 30.3 Å². The molecular formula is C15H18N2O3. The molecule has 0 atom stereocenters. The normalized spacial score (nSPS) is 10.3. The van der Waals surface area contributed by atoms with Crippen molar-refractivity contribution in [2.45, 2.75) is 13.3 Å². The Balaban J connectivity index is 2.07. The Morgan fingerprint density at radius 2 is 2.15 bits per heavy atom. The number of aldehydes is 1. The number of benzene rings is 1. The smallest absolute Gasteiger partial charge is 0.171 e. The van der Waals surface area contributed by atoms with Crippen molar-refractivity contribution < 1.29 is 14.3 Å². The molecule has 1 aromatic carbocycles. The first-order valence-electron chi connectivity index (χ1n) is 6.57. The Morgan fingerprint density at radius 1 is 1.30 bits per heavy atom. The predicted molar refractivity (Wildman–Crippen MR) is 75.4 cm³/mol. The number of carbonyl (C=O) groups excluding carboxylic acids is 1. The fraction of sp³-hybridized carbons (Fsp3) is 0.333. The van der Waals surface area contributed by atoms with Crippen LogP contribution in [-0.2, 0) is 13.5 Å². The summed E-state index contributed by atoms with van der Waals surface area (Å²) in [6.07, 6.45) is 3.25. The van der Waals surface area contributed by atoms with E-state index in [1.54, 1.807) is 29.1 Å². The van der Waals surface area contributed by atoms with Gasteiger partial charge in [-0.25, -0.2) is 0 Å². The quantitative estimate of drug-likeness (QED) is 0.727. The summed E-state index contributed by atoms with van der Waals surface area (Å²) in [6.45, 7) is 2.89. The molecule has 5 nitrogen and oxygen atoms in total. The largest absolute Gasteiger partial charge is 0.490 e. The molecular weight excluding hydrogens is 256 g/mol. The van der Waals surface area contributed by atoms with Gasteiger partial charge >= 0.3 is 0 Å². The van der Waals surface area contributed by atoms with Crippen LogP contribution in [0.1, 0.15) is 23.0 Å².